The zero-order valence-corrected chi connectivity index (χ0v) is 12.5. The molecule has 0 spiro atoms. The minimum Gasteiger partial charge on any atom is -0.449 e. The molecule has 3 rings (SSSR count). The highest BCUT2D eigenvalue weighted by Gasteiger charge is 2.55. The van der Waals surface area contributed by atoms with Crippen LogP contribution in [0.5, 0.6) is 0 Å². The highest BCUT2D eigenvalue weighted by atomic mass is 32.2. The number of carbonyl (C=O) groups excluding carboxylic acids is 2. The molecular formula is C13H16N2O6S. The highest BCUT2D eigenvalue weighted by Crippen LogP contribution is 2.50. The van der Waals surface area contributed by atoms with Crippen LogP contribution < -0.4 is 5.32 Å². The van der Waals surface area contributed by atoms with Crippen LogP contribution in [-0.2, 0) is 14.3 Å². The third-order valence-corrected chi connectivity index (χ3v) is 5.41. The summed E-state index contributed by atoms with van der Waals surface area (Å²) in [5.41, 5.74) is 0. The van der Waals surface area contributed by atoms with Crippen molar-refractivity contribution in [2.75, 3.05) is 6.61 Å². The monoisotopic (exact) mass is 328 g/mol. The van der Waals surface area contributed by atoms with Crippen molar-refractivity contribution in [3.8, 4) is 0 Å². The molecule has 0 bridgehead atoms. The van der Waals surface area contributed by atoms with Crippen molar-refractivity contribution in [2.24, 2.45) is 5.92 Å². The van der Waals surface area contributed by atoms with Gasteiger partial charge in [-0.2, -0.15) is 0 Å². The lowest BCUT2D eigenvalue weighted by Crippen LogP contribution is -2.58. The Kier molecular flexibility index (Phi) is 4.00. The Morgan fingerprint density at radius 3 is 2.86 bits per heavy atom. The lowest BCUT2D eigenvalue weighted by Gasteiger charge is -2.40. The number of hydrogen-bond acceptors (Lipinski definition) is 6. The van der Waals surface area contributed by atoms with Gasteiger partial charge in [-0.3, -0.25) is 14.5 Å². The molecule has 0 aromatic carbocycles. The smallest absolute Gasteiger partial charge is 0.449 e. The van der Waals surface area contributed by atoms with Gasteiger partial charge in [0.1, 0.15) is 5.37 Å². The number of β-lactam (4-membered cyclic amide) rings is 1. The van der Waals surface area contributed by atoms with Gasteiger partial charge < -0.3 is 20.3 Å². The first-order chi connectivity index (χ1) is 10.5. The maximum Gasteiger partial charge on any atom is 0.512 e. The molecule has 8 nitrogen and oxygen atoms in total. The fourth-order valence-electron chi connectivity index (χ4n) is 2.96. The number of carboxylic acid groups (broad SMARTS) is 1. The van der Waals surface area contributed by atoms with Crippen molar-refractivity contribution >= 4 is 29.7 Å². The Labute approximate surface area is 130 Å². The molecule has 2 saturated heterocycles. The van der Waals surface area contributed by atoms with Gasteiger partial charge in [-0.05, 0) is 12.8 Å². The minimum atomic E-state index is -1.48. The number of ether oxygens (including phenoxy) is 1. The average Bonchev–Trinajstić information content (AvgIpc) is 2.73. The molecule has 0 radical (unpaired) electrons. The van der Waals surface area contributed by atoms with Crippen LogP contribution in [-0.4, -0.2) is 51.1 Å². The molecule has 2 amide bonds. The fourth-order valence-corrected chi connectivity index (χ4v) is 4.46. The van der Waals surface area contributed by atoms with E-state index in [0.717, 1.165) is 12.8 Å². The van der Waals surface area contributed by atoms with Gasteiger partial charge in [0, 0.05) is 18.9 Å². The van der Waals surface area contributed by atoms with Gasteiger partial charge in [-0.25, -0.2) is 4.79 Å². The number of amides is 2. The van der Waals surface area contributed by atoms with Crippen molar-refractivity contribution < 1.29 is 29.3 Å². The predicted octanol–water partition coefficient (Wildman–Crippen LogP) is 0.432. The van der Waals surface area contributed by atoms with E-state index in [1.54, 1.807) is 0 Å². The summed E-state index contributed by atoms with van der Waals surface area (Å²) in [4.78, 5) is 36.1. The van der Waals surface area contributed by atoms with Gasteiger partial charge in [0.05, 0.1) is 17.4 Å². The Morgan fingerprint density at radius 1 is 1.45 bits per heavy atom. The number of thioether (sulfide) groups is 1. The molecule has 0 unspecified atom stereocenters. The Balaban J connectivity index is 1.77. The lowest BCUT2D eigenvalue weighted by atomic mass is 9.99. The van der Waals surface area contributed by atoms with Crippen molar-refractivity contribution in [1.82, 2.24) is 10.2 Å². The summed E-state index contributed by atoms with van der Waals surface area (Å²) in [6, 6.07) is -0.0856. The van der Waals surface area contributed by atoms with Crippen LogP contribution in [0.15, 0.2) is 10.8 Å². The molecule has 3 atom stereocenters. The molecule has 3 aliphatic rings. The Morgan fingerprint density at radius 2 is 2.23 bits per heavy atom. The van der Waals surface area contributed by atoms with Gasteiger partial charge in [0.2, 0.25) is 17.7 Å². The van der Waals surface area contributed by atoms with Crippen molar-refractivity contribution in [3.05, 3.63) is 10.8 Å². The zero-order chi connectivity index (χ0) is 15.9. The summed E-state index contributed by atoms with van der Waals surface area (Å²) < 4.78 is 4.78. The molecular weight excluding hydrogens is 312 g/mol. The summed E-state index contributed by atoms with van der Waals surface area (Å²) in [5.74, 6) is -0.861. The lowest BCUT2D eigenvalue weighted by molar-refractivity contribution is -0.152. The minimum absolute atomic E-state index is 0.0202. The van der Waals surface area contributed by atoms with E-state index < -0.39 is 12.1 Å². The molecule has 3 aliphatic heterocycles. The number of hydrogen-bond donors (Lipinski definition) is 3. The van der Waals surface area contributed by atoms with E-state index in [1.807, 2.05) is 0 Å². The van der Waals surface area contributed by atoms with Crippen LogP contribution in [0.4, 0.5) is 4.79 Å². The topological polar surface area (TPSA) is 116 Å². The highest BCUT2D eigenvalue weighted by molar-refractivity contribution is 8.04. The summed E-state index contributed by atoms with van der Waals surface area (Å²) in [6.45, 7) is -0.277. The molecule has 22 heavy (non-hydrogen) atoms. The summed E-state index contributed by atoms with van der Waals surface area (Å²) in [5, 5.41) is 20.6. The van der Waals surface area contributed by atoms with E-state index in [9.17, 15) is 19.5 Å². The second-order valence-electron chi connectivity index (χ2n) is 5.46. The molecule has 3 N–H and O–H groups in total. The number of aliphatic hydroxyl groups is 1. The Hall–Kier alpha value is -1.74. The van der Waals surface area contributed by atoms with Crippen LogP contribution in [0.1, 0.15) is 25.7 Å². The number of nitrogens with zero attached hydrogens (tertiary/aromatic N) is 1. The summed E-state index contributed by atoms with van der Waals surface area (Å²) in [7, 11) is 0. The van der Waals surface area contributed by atoms with E-state index >= 15 is 0 Å². The zero-order valence-electron chi connectivity index (χ0n) is 11.7. The Bertz CT molecular complexity index is 563. The van der Waals surface area contributed by atoms with Crippen molar-refractivity contribution in [1.29, 1.82) is 0 Å². The number of rotatable bonds is 4. The molecule has 9 heteroatoms. The number of carbonyl (C=O) groups is 3. The molecule has 120 valence electrons. The first-order valence-corrected chi connectivity index (χ1v) is 7.93. The second kappa shape index (κ2) is 5.81. The molecule has 0 saturated carbocycles. The largest absolute Gasteiger partial charge is 0.512 e. The van der Waals surface area contributed by atoms with Crippen LogP contribution in [0, 0.1) is 5.92 Å². The van der Waals surface area contributed by atoms with E-state index in [0.29, 0.717) is 17.7 Å². The van der Waals surface area contributed by atoms with Crippen LogP contribution in [0.25, 0.3) is 0 Å². The average molecular weight is 328 g/mol. The van der Waals surface area contributed by atoms with Gasteiger partial charge in [0.25, 0.3) is 0 Å². The van der Waals surface area contributed by atoms with Gasteiger partial charge >= 0.3 is 6.16 Å². The maximum atomic E-state index is 11.9. The summed E-state index contributed by atoms with van der Waals surface area (Å²) in [6.07, 6.45) is 1.03. The molecule has 0 aromatic heterocycles. The van der Waals surface area contributed by atoms with Crippen molar-refractivity contribution in [3.63, 3.8) is 0 Å². The predicted molar refractivity (Wildman–Crippen MR) is 75.3 cm³/mol. The molecule has 0 aliphatic carbocycles. The van der Waals surface area contributed by atoms with Gasteiger partial charge in [-0.1, -0.05) is 11.8 Å². The van der Waals surface area contributed by atoms with Gasteiger partial charge in [0.15, 0.2) is 0 Å². The number of nitrogens with one attached hydrogen (secondary N) is 1. The first-order valence-electron chi connectivity index (χ1n) is 7.05. The van der Waals surface area contributed by atoms with Crippen LogP contribution in [0.2, 0.25) is 0 Å². The van der Waals surface area contributed by atoms with E-state index in [4.69, 9.17) is 9.84 Å². The quantitative estimate of drug-likeness (QED) is 0.506. The van der Waals surface area contributed by atoms with E-state index in [2.05, 4.69) is 5.32 Å². The maximum absolute atomic E-state index is 11.9. The number of piperidine rings is 1. The third-order valence-electron chi connectivity index (χ3n) is 4.01. The summed E-state index contributed by atoms with van der Waals surface area (Å²) >= 11 is 1.33. The van der Waals surface area contributed by atoms with Crippen LogP contribution in [0.3, 0.4) is 0 Å². The molecule has 3 heterocycles. The fraction of sp³-hybridized carbons (Fsp3) is 0.615. The number of aliphatic hydroxyl groups excluding tert-OH is 1. The number of fused-ring (bicyclic) bond motifs is 1. The van der Waals surface area contributed by atoms with Crippen LogP contribution >= 0.6 is 11.8 Å². The van der Waals surface area contributed by atoms with E-state index in [-0.39, 0.29) is 35.7 Å². The second-order valence-corrected chi connectivity index (χ2v) is 6.67. The third kappa shape index (κ3) is 2.54. The molecule has 0 aromatic rings. The normalized spacial score (nSPS) is 30.8. The van der Waals surface area contributed by atoms with Gasteiger partial charge in [-0.15, -0.1) is 0 Å². The van der Waals surface area contributed by atoms with Crippen molar-refractivity contribution in [2.45, 2.75) is 37.1 Å². The standard InChI is InChI=1S/C13H16N2O6S/c16-5-7-10(18)15-11(21-13(19)20)8(22-12(7)15)4-6-2-1-3-9(17)14-6/h6-7,12,16H,1-5H2,(H,14,17)(H,19,20)/t6-,7+,12-/m1/s1. The molecule has 2 fully saturated rings. The van der Waals surface area contributed by atoms with E-state index in [1.165, 1.54) is 16.7 Å². The SMILES string of the molecule is O=C1CCC[C@H](CC2=C(OC(=O)O)N3C(=O)[C@H](CO)[C@H]3S2)N1. The first kappa shape index (κ1) is 15.2.